The third kappa shape index (κ3) is 2.49. The minimum Gasteiger partial charge on any atom is -0.481 e. The van der Waals surface area contributed by atoms with Crippen molar-refractivity contribution in [1.82, 2.24) is 4.98 Å². The SMILES string of the molecule is CNc1ccc(C(OC)(OC)OC)c(OC)n1. The summed E-state index contributed by atoms with van der Waals surface area (Å²) in [6, 6.07) is 3.55. The van der Waals surface area contributed by atoms with Crippen molar-refractivity contribution >= 4 is 5.82 Å². The molecule has 0 radical (unpaired) electrons. The highest BCUT2D eigenvalue weighted by Gasteiger charge is 2.36. The number of rotatable bonds is 6. The number of pyridine rings is 1. The van der Waals surface area contributed by atoms with Crippen LogP contribution < -0.4 is 10.1 Å². The van der Waals surface area contributed by atoms with Gasteiger partial charge in [0, 0.05) is 28.4 Å². The van der Waals surface area contributed by atoms with Gasteiger partial charge in [-0.05, 0) is 12.1 Å². The molecule has 0 unspecified atom stereocenters. The molecule has 0 aromatic carbocycles. The van der Waals surface area contributed by atoms with Crippen LogP contribution in [0.4, 0.5) is 5.82 Å². The molecule has 0 aliphatic rings. The Balaban J connectivity index is 3.28. The second-order valence-electron chi connectivity index (χ2n) is 3.17. The predicted octanol–water partition coefficient (Wildman–Crippen LogP) is 1.18. The van der Waals surface area contributed by atoms with E-state index in [1.165, 1.54) is 28.4 Å². The zero-order valence-corrected chi connectivity index (χ0v) is 10.7. The Kier molecular flexibility index (Phi) is 4.68. The average molecular weight is 242 g/mol. The first-order valence-electron chi connectivity index (χ1n) is 5.06. The van der Waals surface area contributed by atoms with E-state index < -0.39 is 5.97 Å². The van der Waals surface area contributed by atoms with E-state index in [4.69, 9.17) is 18.9 Å². The molecule has 1 heterocycles. The molecule has 0 saturated carbocycles. The van der Waals surface area contributed by atoms with Crippen LogP contribution in [0.15, 0.2) is 12.1 Å². The highest BCUT2D eigenvalue weighted by Crippen LogP contribution is 2.33. The van der Waals surface area contributed by atoms with Gasteiger partial charge in [-0.2, -0.15) is 4.98 Å². The monoisotopic (exact) mass is 242 g/mol. The van der Waals surface area contributed by atoms with Crippen molar-refractivity contribution in [2.24, 2.45) is 0 Å². The molecule has 1 rings (SSSR count). The summed E-state index contributed by atoms with van der Waals surface area (Å²) in [6.07, 6.45) is 0. The highest BCUT2D eigenvalue weighted by atomic mass is 16.9. The van der Waals surface area contributed by atoms with Gasteiger partial charge in [-0.15, -0.1) is 0 Å². The summed E-state index contributed by atoms with van der Waals surface area (Å²) >= 11 is 0. The molecular formula is C11H18N2O4. The third-order valence-corrected chi connectivity index (χ3v) is 2.45. The van der Waals surface area contributed by atoms with Gasteiger partial charge in [0.15, 0.2) is 0 Å². The van der Waals surface area contributed by atoms with Crippen molar-refractivity contribution in [2.75, 3.05) is 40.8 Å². The molecule has 0 bridgehead atoms. The van der Waals surface area contributed by atoms with Crippen LogP contribution in [0.5, 0.6) is 5.88 Å². The van der Waals surface area contributed by atoms with Gasteiger partial charge in [0.25, 0.3) is 0 Å². The molecule has 1 N–H and O–H groups in total. The molecule has 1 aromatic rings. The Bertz CT molecular complexity index is 358. The van der Waals surface area contributed by atoms with E-state index in [2.05, 4.69) is 10.3 Å². The summed E-state index contributed by atoms with van der Waals surface area (Å²) < 4.78 is 21.0. The zero-order valence-electron chi connectivity index (χ0n) is 10.7. The van der Waals surface area contributed by atoms with Crippen LogP contribution in [0.2, 0.25) is 0 Å². The molecule has 0 saturated heterocycles. The second kappa shape index (κ2) is 5.81. The van der Waals surface area contributed by atoms with Gasteiger partial charge >= 0.3 is 5.97 Å². The van der Waals surface area contributed by atoms with Crippen molar-refractivity contribution in [2.45, 2.75) is 5.97 Å². The molecule has 0 fully saturated rings. The van der Waals surface area contributed by atoms with Crippen LogP contribution in [0.1, 0.15) is 5.56 Å². The van der Waals surface area contributed by atoms with E-state index in [-0.39, 0.29) is 0 Å². The number of nitrogens with zero attached hydrogens (tertiary/aromatic N) is 1. The fraction of sp³-hybridized carbons (Fsp3) is 0.545. The fourth-order valence-corrected chi connectivity index (χ4v) is 1.55. The van der Waals surface area contributed by atoms with Gasteiger partial charge in [-0.25, -0.2) is 0 Å². The third-order valence-electron chi connectivity index (χ3n) is 2.45. The summed E-state index contributed by atoms with van der Waals surface area (Å²) in [5, 5.41) is 2.92. The Morgan fingerprint density at radius 2 is 1.65 bits per heavy atom. The van der Waals surface area contributed by atoms with E-state index >= 15 is 0 Å². The Morgan fingerprint density at radius 3 is 2.06 bits per heavy atom. The molecule has 0 amide bonds. The normalized spacial score (nSPS) is 11.4. The lowest BCUT2D eigenvalue weighted by atomic mass is 10.2. The number of hydrogen-bond acceptors (Lipinski definition) is 6. The van der Waals surface area contributed by atoms with Crippen molar-refractivity contribution in [3.05, 3.63) is 17.7 Å². The fourth-order valence-electron chi connectivity index (χ4n) is 1.55. The molecule has 17 heavy (non-hydrogen) atoms. The molecule has 1 aromatic heterocycles. The predicted molar refractivity (Wildman–Crippen MR) is 63.0 cm³/mol. The number of aromatic nitrogens is 1. The minimum absolute atomic E-state index is 0.377. The largest absolute Gasteiger partial charge is 0.481 e. The van der Waals surface area contributed by atoms with Crippen molar-refractivity contribution in [1.29, 1.82) is 0 Å². The maximum absolute atomic E-state index is 5.25. The quantitative estimate of drug-likeness (QED) is 0.756. The van der Waals surface area contributed by atoms with Crippen LogP contribution in [0.3, 0.4) is 0 Å². The Hall–Kier alpha value is -1.37. The van der Waals surface area contributed by atoms with E-state index in [9.17, 15) is 0 Å². The lowest BCUT2D eigenvalue weighted by molar-refractivity contribution is -0.365. The topological polar surface area (TPSA) is 61.8 Å². The van der Waals surface area contributed by atoms with Gasteiger partial charge in [0.2, 0.25) is 5.88 Å². The zero-order chi connectivity index (χ0) is 12.9. The lowest BCUT2D eigenvalue weighted by Gasteiger charge is -2.29. The molecule has 0 atom stereocenters. The smallest absolute Gasteiger partial charge is 0.316 e. The van der Waals surface area contributed by atoms with Crippen LogP contribution in [-0.2, 0) is 20.2 Å². The number of anilines is 1. The average Bonchev–Trinajstić information content (AvgIpc) is 2.41. The number of methoxy groups -OCH3 is 4. The van der Waals surface area contributed by atoms with Gasteiger partial charge in [0.1, 0.15) is 11.4 Å². The summed E-state index contributed by atoms with van der Waals surface area (Å²) in [6.45, 7) is 0. The Morgan fingerprint density at radius 1 is 1.06 bits per heavy atom. The van der Waals surface area contributed by atoms with Gasteiger partial charge < -0.3 is 24.3 Å². The van der Waals surface area contributed by atoms with E-state index in [0.717, 1.165) is 0 Å². The van der Waals surface area contributed by atoms with Crippen molar-refractivity contribution in [3.8, 4) is 5.88 Å². The number of hydrogen-bond donors (Lipinski definition) is 1. The highest BCUT2D eigenvalue weighted by molar-refractivity contribution is 5.42. The minimum atomic E-state index is -1.31. The van der Waals surface area contributed by atoms with Gasteiger partial charge in [-0.3, -0.25) is 0 Å². The molecule has 6 heteroatoms. The number of ether oxygens (including phenoxy) is 4. The number of nitrogens with one attached hydrogen (secondary N) is 1. The maximum Gasteiger partial charge on any atom is 0.316 e. The summed E-state index contributed by atoms with van der Waals surface area (Å²) in [4.78, 5) is 4.25. The molecule has 0 aliphatic heterocycles. The van der Waals surface area contributed by atoms with Crippen LogP contribution in [0, 0.1) is 0 Å². The lowest BCUT2D eigenvalue weighted by Crippen LogP contribution is -2.33. The summed E-state index contributed by atoms with van der Waals surface area (Å²) in [5.41, 5.74) is 0.562. The van der Waals surface area contributed by atoms with Crippen LogP contribution >= 0.6 is 0 Å². The van der Waals surface area contributed by atoms with Crippen molar-refractivity contribution in [3.63, 3.8) is 0 Å². The molecular weight excluding hydrogens is 224 g/mol. The molecule has 0 aliphatic carbocycles. The van der Waals surface area contributed by atoms with E-state index in [1.807, 2.05) is 0 Å². The molecule has 0 spiro atoms. The Labute approximate surface area is 101 Å². The summed E-state index contributed by atoms with van der Waals surface area (Å²) in [5.74, 6) is -0.254. The van der Waals surface area contributed by atoms with Crippen molar-refractivity contribution < 1.29 is 18.9 Å². The maximum atomic E-state index is 5.25. The van der Waals surface area contributed by atoms with E-state index in [1.54, 1.807) is 19.2 Å². The second-order valence-corrected chi connectivity index (χ2v) is 3.17. The van der Waals surface area contributed by atoms with Gasteiger partial charge in [0.05, 0.1) is 7.11 Å². The molecule has 6 nitrogen and oxygen atoms in total. The first kappa shape index (κ1) is 13.7. The standard InChI is InChI=1S/C11H18N2O4/c1-12-9-7-6-8(10(13-9)14-2)11(15-3,16-4)17-5/h6-7H,1-5H3,(H,12,13). The first-order valence-corrected chi connectivity index (χ1v) is 5.06. The van der Waals surface area contributed by atoms with Crippen LogP contribution in [0.25, 0.3) is 0 Å². The molecule has 96 valence electrons. The van der Waals surface area contributed by atoms with Crippen LogP contribution in [-0.4, -0.2) is 40.5 Å². The van der Waals surface area contributed by atoms with E-state index in [0.29, 0.717) is 17.3 Å². The summed E-state index contributed by atoms with van der Waals surface area (Å²) in [7, 11) is 7.75. The van der Waals surface area contributed by atoms with Gasteiger partial charge in [-0.1, -0.05) is 0 Å². The first-order chi connectivity index (χ1) is 8.17.